The van der Waals surface area contributed by atoms with Crippen LogP contribution >= 0.6 is 0 Å². The van der Waals surface area contributed by atoms with Gasteiger partial charge in [-0.3, -0.25) is 14.4 Å². The highest BCUT2D eigenvalue weighted by Gasteiger charge is 2.28. The maximum absolute atomic E-state index is 13.1. The van der Waals surface area contributed by atoms with Crippen LogP contribution in [0.3, 0.4) is 0 Å². The standard InChI is InChI=1S/C23H30N6O4/c1-13(2)8-18(22(31)27-17(21(24)30)9-14-11-25-12-29(14)3)28-23(32)19-10-15-16(26-19)6-5-7-20(15)33-4/h5-7,10-13,17-18,26H,8-9H2,1-4H3,(H2,24,30)(H,27,31)(H,28,32)/t17?,18-/m0/s1. The van der Waals surface area contributed by atoms with Crippen LogP contribution < -0.4 is 21.1 Å². The van der Waals surface area contributed by atoms with Gasteiger partial charge in [-0.05, 0) is 30.5 Å². The Hall–Kier alpha value is -3.82. The van der Waals surface area contributed by atoms with E-state index in [4.69, 9.17) is 10.5 Å². The van der Waals surface area contributed by atoms with Crippen molar-refractivity contribution in [3.63, 3.8) is 0 Å². The van der Waals surface area contributed by atoms with Crippen molar-refractivity contribution in [2.24, 2.45) is 18.7 Å². The van der Waals surface area contributed by atoms with Gasteiger partial charge in [-0.1, -0.05) is 19.9 Å². The Morgan fingerprint density at radius 1 is 1.21 bits per heavy atom. The van der Waals surface area contributed by atoms with E-state index in [2.05, 4.69) is 20.6 Å². The molecule has 176 valence electrons. The third-order valence-electron chi connectivity index (χ3n) is 5.41. The van der Waals surface area contributed by atoms with E-state index in [9.17, 15) is 14.4 Å². The average molecular weight is 455 g/mol. The first-order valence-electron chi connectivity index (χ1n) is 10.7. The number of carbonyl (C=O) groups is 3. The summed E-state index contributed by atoms with van der Waals surface area (Å²) in [6, 6.07) is 5.36. The van der Waals surface area contributed by atoms with E-state index in [-0.39, 0.29) is 12.3 Å². The van der Waals surface area contributed by atoms with Gasteiger partial charge < -0.3 is 30.7 Å². The summed E-state index contributed by atoms with van der Waals surface area (Å²) in [5, 5.41) is 6.24. The fourth-order valence-corrected chi connectivity index (χ4v) is 3.65. The fourth-order valence-electron chi connectivity index (χ4n) is 3.65. The van der Waals surface area contributed by atoms with E-state index in [1.165, 1.54) is 0 Å². The Balaban J connectivity index is 1.76. The van der Waals surface area contributed by atoms with Crippen LogP contribution in [-0.4, -0.2) is 51.5 Å². The molecule has 0 bridgehead atoms. The molecular weight excluding hydrogens is 424 g/mol. The number of nitrogens with one attached hydrogen (secondary N) is 3. The highest BCUT2D eigenvalue weighted by atomic mass is 16.5. The Labute approximate surface area is 191 Å². The van der Waals surface area contributed by atoms with Crippen LogP contribution in [0.15, 0.2) is 36.8 Å². The summed E-state index contributed by atoms with van der Waals surface area (Å²) in [4.78, 5) is 45.1. The van der Waals surface area contributed by atoms with E-state index in [0.717, 1.165) is 16.6 Å². The summed E-state index contributed by atoms with van der Waals surface area (Å²) < 4.78 is 7.09. The van der Waals surface area contributed by atoms with Gasteiger partial charge in [0.05, 0.1) is 13.4 Å². The quantitative estimate of drug-likeness (QED) is 0.365. The maximum atomic E-state index is 13.1. The minimum Gasteiger partial charge on any atom is -0.496 e. The van der Waals surface area contributed by atoms with Gasteiger partial charge in [0, 0.05) is 36.3 Å². The topological polar surface area (TPSA) is 144 Å². The minimum absolute atomic E-state index is 0.118. The Morgan fingerprint density at radius 3 is 2.58 bits per heavy atom. The Kier molecular flexibility index (Phi) is 7.37. The summed E-state index contributed by atoms with van der Waals surface area (Å²) in [5.41, 5.74) is 7.32. The van der Waals surface area contributed by atoms with Gasteiger partial charge in [-0.25, -0.2) is 4.98 Å². The number of H-pyrrole nitrogens is 1. The molecule has 0 fully saturated rings. The molecule has 0 spiro atoms. The summed E-state index contributed by atoms with van der Waals surface area (Å²) in [6.07, 6.45) is 3.80. The van der Waals surface area contributed by atoms with E-state index in [1.54, 1.807) is 43.4 Å². The number of primary amides is 1. The van der Waals surface area contributed by atoms with E-state index >= 15 is 0 Å². The van der Waals surface area contributed by atoms with Crippen molar-refractivity contribution >= 4 is 28.6 Å². The van der Waals surface area contributed by atoms with Crippen LogP contribution in [0.2, 0.25) is 0 Å². The smallest absolute Gasteiger partial charge is 0.268 e. The van der Waals surface area contributed by atoms with Crippen LogP contribution in [0.5, 0.6) is 5.75 Å². The molecule has 0 aliphatic rings. The highest BCUT2D eigenvalue weighted by molar-refractivity contribution is 6.01. The lowest BCUT2D eigenvalue weighted by atomic mass is 10.0. The molecule has 2 heterocycles. The Morgan fingerprint density at radius 2 is 1.97 bits per heavy atom. The summed E-state index contributed by atoms with van der Waals surface area (Å²) in [5.74, 6) is -0.818. The molecule has 3 aromatic rings. The number of aromatic amines is 1. The van der Waals surface area contributed by atoms with E-state index in [0.29, 0.717) is 17.9 Å². The van der Waals surface area contributed by atoms with Gasteiger partial charge in [0.1, 0.15) is 23.5 Å². The molecule has 3 amide bonds. The number of aromatic nitrogens is 3. The zero-order valence-electron chi connectivity index (χ0n) is 19.2. The van der Waals surface area contributed by atoms with Crippen LogP contribution in [0.25, 0.3) is 10.9 Å². The molecule has 1 aromatic carbocycles. The van der Waals surface area contributed by atoms with Gasteiger partial charge in [-0.2, -0.15) is 0 Å². The molecule has 10 nitrogen and oxygen atoms in total. The van der Waals surface area contributed by atoms with Crippen molar-refractivity contribution in [3.8, 4) is 5.75 Å². The predicted octanol–water partition coefficient (Wildman–Crippen LogP) is 1.27. The van der Waals surface area contributed by atoms with Crippen LogP contribution in [0.4, 0.5) is 0 Å². The number of amides is 3. The lowest BCUT2D eigenvalue weighted by Gasteiger charge is -2.23. The molecule has 2 aromatic heterocycles. The van der Waals surface area contributed by atoms with Crippen molar-refractivity contribution in [1.82, 2.24) is 25.2 Å². The van der Waals surface area contributed by atoms with Gasteiger partial charge in [0.2, 0.25) is 11.8 Å². The van der Waals surface area contributed by atoms with Gasteiger partial charge >= 0.3 is 0 Å². The van der Waals surface area contributed by atoms with Crippen LogP contribution in [-0.2, 0) is 23.1 Å². The monoisotopic (exact) mass is 454 g/mol. The molecule has 3 rings (SSSR count). The SMILES string of the molecule is COc1cccc2[nH]c(C(=O)N[C@@H](CC(C)C)C(=O)NC(Cc3cncn3C)C(N)=O)cc12. The number of imidazole rings is 1. The first-order valence-corrected chi connectivity index (χ1v) is 10.7. The average Bonchev–Trinajstić information content (AvgIpc) is 3.38. The molecule has 0 aliphatic heterocycles. The number of hydrogen-bond acceptors (Lipinski definition) is 5. The number of benzene rings is 1. The fraction of sp³-hybridized carbons (Fsp3) is 0.391. The van der Waals surface area contributed by atoms with Crippen molar-refractivity contribution in [1.29, 1.82) is 0 Å². The lowest BCUT2D eigenvalue weighted by molar-refractivity contribution is -0.128. The molecule has 0 saturated heterocycles. The molecular formula is C23H30N6O4. The van der Waals surface area contributed by atoms with Crippen molar-refractivity contribution < 1.29 is 19.1 Å². The lowest BCUT2D eigenvalue weighted by Crippen LogP contribution is -2.54. The van der Waals surface area contributed by atoms with Gasteiger partial charge in [0.15, 0.2) is 0 Å². The molecule has 0 aliphatic carbocycles. The van der Waals surface area contributed by atoms with Crippen LogP contribution in [0, 0.1) is 5.92 Å². The van der Waals surface area contributed by atoms with Crippen molar-refractivity contribution in [3.05, 3.63) is 48.2 Å². The number of rotatable bonds is 10. The van der Waals surface area contributed by atoms with Crippen molar-refractivity contribution in [2.45, 2.75) is 38.8 Å². The molecule has 5 N–H and O–H groups in total. The first kappa shape index (κ1) is 23.8. The first-order chi connectivity index (χ1) is 15.7. The summed E-state index contributed by atoms with van der Waals surface area (Å²) in [6.45, 7) is 3.89. The number of hydrogen-bond donors (Lipinski definition) is 4. The molecule has 0 radical (unpaired) electrons. The van der Waals surface area contributed by atoms with Crippen LogP contribution in [0.1, 0.15) is 36.5 Å². The molecule has 33 heavy (non-hydrogen) atoms. The largest absolute Gasteiger partial charge is 0.496 e. The van der Waals surface area contributed by atoms with E-state index in [1.807, 2.05) is 26.0 Å². The zero-order valence-corrected chi connectivity index (χ0v) is 19.2. The number of carbonyl (C=O) groups excluding carboxylic acids is 3. The van der Waals surface area contributed by atoms with Gasteiger partial charge in [0.25, 0.3) is 5.91 Å². The number of nitrogens with zero attached hydrogens (tertiary/aromatic N) is 2. The summed E-state index contributed by atoms with van der Waals surface area (Å²) >= 11 is 0. The number of aryl methyl sites for hydroxylation is 1. The second kappa shape index (κ2) is 10.2. The summed E-state index contributed by atoms with van der Waals surface area (Å²) in [7, 11) is 3.35. The third kappa shape index (κ3) is 5.71. The molecule has 2 atom stereocenters. The molecule has 0 saturated carbocycles. The maximum Gasteiger partial charge on any atom is 0.268 e. The molecule has 10 heteroatoms. The molecule has 1 unspecified atom stereocenters. The van der Waals surface area contributed by atoms with E-state index < -0.39 is 29.8 Å². The second-order valence-electron chi connectivity index (χ2n) is 8.42. The zero-order chi connectivity index (χ0) is 24.1. The second-order valence-corrected chi connectivity index (χ2v) is 8.42. The van der Waals surface area contributed by atoms with Gasteiger partial charge in [-0.15, -0.1) is 0 Å². The predicted molar refractivity (Wildman–Crippen MR) is 124 cm³/mol. The number of ether oxygens (including phenoxy) is 1. The normalized spacial score (nSPS) is 13.0. The third-order valence-corrected chi connectivity index (χ3v) is 5.41. The Bertz CT molecular complexity index is 1150. The number of methoxy groups -OCH3 is 1. The highest BCUT2D eigenvalue weighted by Crippen LogP contribution is 2.26. The number of fused-ring (bicyclic) bond motifs is 1. The number of nitrogens with two attached hydrogens (primary N) is 1. The minimum atomic E-state index is -0.934. The van der Waals surface area contributed by atoms with Crippen molar-refractivity contribution in [2.75, 3.05) is 7.11 Å².